The predicted molar refractivity (Wildman–Crippen MR) is 66.3 cm³/mol. The van der Waals surface area contributed by atoms with Crippen molar-refractivity contribution < 1.29 is 0 Å². The van der Waals surface area contributed by atoms with Gasteiger partial charge < -0.3 is 0 Å². The smallest absolute Gasteiger partial charge is 0.0608 e. The van der Waals surface area contributed by atoms with Gasteiger partial charge in [-0.05, 0) is 32.3 Å². The van der Waals surface area contributed by atoms with Crippen LogP contribution in [-0.2, 0) is 0 Å². The third-order valence-corrected chi connectivity index (χ3v) is 2.57. The molecule has 0 aliphatic rings. The highest BCUT2D eigenvalue weighted by Gasteiger charge is 2.01. The number of halogens is 1. The van der Waals surface area contributed by atoms with Crippen molar-refractivity contribution in [1.82, 2.24) is 0 Å². The summed E-state index contributed by atoms with van der Waals surface area (Å²) in [6.07, 6.45) is 1.84. The molecule has 0 saturated carbocycles. The van der Waals surface area contributed by atoms with Crippen LogP contribution >= 0.6 is 11.6 Å². The molecule has 1 nitrogen and oxygen atoms in total. The molecule has 0 unspecified atom stereocenters. The quantitative estimate of drug-likeness (QED) is 0.366. The summed E-state index contributed by atoms with van der Waals surface area (Å²) < 4.78 is 0. The minimum Gasteiger partial charge on any atom is -0.261 e. The van der Waals surface area contributed by atoms with E-state index in [0.29, 0.717) is 5.88 Å². The molecule has 0 rings (SSSR count). The van der Waals surface area contributed by atoms with Crippen LogP contribution in [0.1, 0.15) is 40.5 Å². The van der Waals surface area contributed by atoms with Crippen LogP contribution in [0.4, 0.5) is 0 Å². The third kappa shape index (κ3) is 4.10. The summed E-state index contributed by atoms with van der Waals surface area (Å²) in [4.78, 5) is 4.56. The lowest BCUT2D eigenvalue weighted by molar-refractivity contribution is 1.02. The predicted octanol–water partition coefficient (Wildman–Crippen LogP) is 4.34. The second-order valence-corrected chi connectivity index (χ2v) is 3.64. The number of nitrogens with zero attached hydrogens (tertiary/aromatic N) is 1. The number of allylic oxidation sites excluding steroid dienone is 3. The van der Waals surface area contributed by atoms with Crippen LogP contribution in [0.3, 0.4) is 0 Å². The first kappa shape index (κ1) is 13.4. The number of aliphatic imine (C=N–C) groups is 1. The van der Waals surface area contributed by atoms with E-state index in [1.807, 2.05) is 6.92 Å². The molecule has 14 heavy (non-hydrogen) atoms. The summed E-state index contributed by atoms with van der Waals surface area (Å²) >= 11 is 5.78. The van der Waals surface area contributed by atoms with E-state index in [0.717, 1.165) is 29.8 Å². The molecule has 2 heteroatoms. The Hall–Kier alpha value is -0.560. The van der Waals surface area contributed by atoms with Crippen LogP contribution in [-0.4, -0.2) is 11.6 Å². The van der Waals surface area contributed by atoms with Crippen molar-refractivity contribution in [3.63, 3.8) is 0 Å². The van der Waals surface area contributed by atoms with Crippen LogP contribution in [0.5, 0.6) is 0 Å². The van der Waals surface area contributed by atoms with Crippen LogP contribution < -0.4 is 0 Å². The average Bonchev–Trinajstić information content (AvgIpc) is 2.19. The molecule has 0 atom stereocenters. The zero-order valence-electron chi connectivity index (χ0n) is 9.65. The molecule has 0 aliphatic heterocycles. The fourth-order valence-corrected chi connectivity index (χ4v) is 1.32. The Morgan fingerprint density at radius 3 is 2.07 bits per heavy atom. The Balaban J connectivity index is 4.99. The molecule has 0 fully saturated rings. The zero-order chi connectivity index (χ0) is 11.1. The van der Waals surface area contributed by atoms with E-state index in [9.17, 15) is 0 Å². The molecule has 0 N–H and O–H groups in total. The van der Waals surface area contributed by atoms with Crippen molar-refractivity contribution in [2.75, 3.05) is 5.88 Å². The lowest BCUT2D eigenvalue weighted by Gasteiger charge is -2.07. The second kappa shape index (κ2) is 6.83. The lowest BCUT2D eigenvalue weighted by Crippen LogP contribution is -1.99. The third-order valence-electron chi connectivity index (χ3n) is 2.26. The molecule has 0 saturated heterocycles. The van der Waals surface area contributed by atoms with E-state index in [1.54, 1.807) is 0 Å². The maximum absolute atomic E-state index is 5.78. The molecule has 0 amide bonds. The first-order valence-corrected chi connectivity index (χ1v) is 5.58. The van der Waals surface area contributed by atoms with Gasteiger partial charge in [0.1, 0.15) is 0 Å². The first-order valence-electron chi connectivity index (χ1n) is 5.04. The van der Waals surface area contributed by atoms with Crippen molar-refractivity contribution in [1.29, 1.82) is 0 Å². The van der Waals surface area contributed by atoms with E-state index < -0.39 is 0 Å². The van der Waals surface area contributed by atoms with Crippen molar-refractivity contribution in [2.45, 2.75) is 40.5 Å². The molecule has 80 valence electrons. The second-order valence-electron chi connectivity index (χ2n) is 3.37. The molecule has 0 bridgehead atoms. The number of rotatable bonds is 5. The molecular weight excluding hydrogens is 194 g/mol. The Kier molecular flexibility index (Phi) is 6.56. The Labute approximate surface area is 92.6 Å². The van der Waals surface area contributed by atoms with Crippen LogP contribution in [0.15, 0.2) is 28.4 Å². The highest BCUT2D eigenvalue weighted by Crippen LogP contribution is 2.17. The maximum atomic E-state index is 5.78. The van der Waals surface area contributed by atoms with Gasteiger partial charge in [0, 0.05) is 11.4 Å². The van der Waals surface area contributed by atoms with Gasteiger partial charge in [0.25, 0.3) is 0 Å². The molecule has 0 aromatic carbocycles. The summed E-state index contributed by atoms with van der Waals surface area (Å²) in [5.41, 5.74) is 4.42. The fourth-order valence-electron chi connectivity index (χ4n) is 1.07. The Bertz CT molecular complexity index is 255. The summed E-state index contributed by atoms with van der Waals surface area (Å²) in [7, 11) is 0. The van der Waals surface area contributed by atoms with Gasteiger partial charge in [-0.25, -0.2) is 0 Å². The summed E-state index contributed by atoms with van der Waals surface area (Å²) in [5, 5.41) is 0. The largest absolute Gasteiger partial charge is 0.261 e. The fraction of sp³-hybridized carbons (Fsp3) is 0.583. The van der Waals surface area contributed by atoms with Crippen molar-refractivity contribution >= 4 is 17.3 Å². The Morgan fingerprint density at radius 1 is 1.21 bits per heavy atom. The van der Waals surface area contributed by atoms with Gasteiger partial charge >= 0.3 is 0 Å². The number of hydrogen-bond donors (Lipinski definition) is 0. The number of alkyl halides is 1. The summed E-state index contributed by atoms with van der Waals surface area (Å²) in [5.74, 6) is 0.517. The molecule has 0 aromatic rings. The van der Waals surface area contributed by atoms with E-state index in [2.05, 4.69) is 32.3 Å². The molecule has 0 radical (unpaired) electrons. The monoisotopic (exact) mass is 213 g/mol. The normalized spacial score (nSPS) is 13.9. The zero-order valence-corrected chi connectivity index (χ0v) is 10.4. The van der Waals surface area contributed by atoms with Gasteiger partial charge in [-0.15, -0.1) is 11.6 Å². The summed E-state index contributed by atoms with van der Waals surface area (Å²) in [6, 6.07) is 0. The molecule has 0 aliphatic carbocycles. The van der Waals surface area contributed by atoms with Crippen molar-refractivity contribution in [3.05, 3.63) is 23.4 Å². The van der Waals surface area contributed by atoms with Crippen LogP contribution in [0, 0.1) is 0 Å². The minimum atomic E-state index is 0.517. The lowest BCUT2D eigenvalue weighted by atomic mass is 10.1. The van der Waals surface area contributed by atoms with Gasteiger partial charge in [-0.2, -0.15) is 0 Å². The first-order chi connectivity index (χ1) is 6.56. The van der Waals surface area contributed by atoms with Gasteiger partial charge in [0.15, 0.2) is 0 Å². The SMILES string of the molecule is C=C(C)/C(C)=C(CC)\N=C(/CC)CCl. The van der Waals surface area contributed by atoms with Gasteiger partial charge in [-0.1, -0.05) is 26.0 Å². The standard InChI is InChI=1S/C12H20ClN/c1-6-11(8-13)14-12(7-2)10(5)9(3)4/h3,6-8H2,1-2,4-5H3/b12-10-,14-11+. The van der Waals surface area contributed by atoms with Gasteiger partial charge in [-0.3, -0.25) is 4.99 Å². The Morgan fingerprint density at radius 2 is 1.79 bits per heavy atom. The summed E-state index contributed by atoms with van der Waals surface area (Å²) in [6.45, 7) is 12.2. The van der Waals surface area contributed by atoms with E-state index in [1.165, 1.54) is 5.57 Å². The van der Waals surface area contributed by atoms with Gasteiger partial charge in [0.2, 0.25) is 0 Å². The average molecular weight is 214 g/mol. The van der Waals surface area contributed by atoms with Crippen LogP contribution in [0.25, 0.3) is 0 Å². The molecule has 0 aromatic heterocycles. The molecule has 0 spiro atoms. The number of hydrogen-bond acceptors (Lipinski definition) is 1. The highest BCUT2D eigenvalue weighted by atomic mass is 35.5. The van der Waals surface area contributed by atoms with Gasteiger partial charge in [0.05, 0.1) is 5.88 Å². The molecular formula is C12H20ClN. The van der Waals surface area contributed by atoms with Crippen LogP contribution in [0.2, 0.25) is 0 Å². The van der Waals surface area contributed by atoms with E-state index in [4.69, 9.17) is 11.6 Å². The van der Waals surface area contributed by atoms with E-state index >= 15 is 0 Å². The van der Waals surface area contributed by atoms with Crippen molar-refractivity contribution in [3.8, 4) is 0 Å². The maximum Gasteiger partial charge on any atom is 0.0608 e. The molecule has 0 heterocycles. The highest BCUT2D eigenvalue weighted by molar-refractivity contribution is 6.28. The topological polar surface area (TPSA) is 12.4 Å². The van der Waals surface area contributed by atoms with Crippen molar-refractivity contribution in [2.24, 2.45) is 4.99 Å². The van der Waals surface area contributed by atoms with E-state index in [-0.39, 0.29) is 0 Å². The minimum absolute atomic E-state index is 0.517.